The van der Waals surface area contributed by atoms with E-state index < -0.39 is 0 Å². The van der Waals surface area contributed by atoms with E-state index in [2.05, 4.69) is 40.7 Å². The molecule has 0 N–H and O–H groups in total. The minimum atomic E-state index is -0.189. The number of aromatic nitrogens is 5. The van der Waals surface area contributed by atoms with Gasteiger partial charge in [0.05, 0.1) is 11.6 Å². The molecule has 2 aliphatic rings. The first-order valence-electron chi connectivity index (χ1n) is 13.3. The van der Waals surface area contributed by atoms with E-state index in [0.717, 1.165) is 53.3 Å². The molecule has 0 radical (unpaired) electrons. The summed E-state index contributed by atoms with van der Waals surface area (Å²) >= 11 is 0. The molecule has 2 fully saturated rings. The van der Waals surface area contributed by atoms with Gasteiger partial charge in [0.1, 0.15) is 23.6 Å². The molecule has 2 saturated carbocycles. The Morgan fingerprint density at radius 1 is 1.14 bits per heavy atom. The largest absolute Gasteiger partial charge is 0.349 e. The van der Waals surface area contributed by atoms with Gasteiger partial charge in [-0.1, -0.05) is 38.8 Å². The van der Waals surface area contributed by atoms with Crippen molar-refractivity contribution < 1.29 is 4.39 Å². The lowest BCUT2D eigenvalue weighted by Gasteiger charge is -2.25. The SMILES string of the molecule is CCCC1(Cn2ccc3c(N(Cc4ccc(-c5cnn(C)c5)cc4F)C4CC4)ncnc32)CC1CC. The van der Waals surface area contributed by atoms with Crippen LogP contribution in [0.15, 0.2) is 49.2 Å². The molecule has 2 unspecified atom stereocenters. The number of aryl methyl sites for hydroxylation is 1. The molecular formula is C29H35FN6. The smallest absolute Gasteiger partial charge is 0.145 e. The number of hydrogen-bond donors (Lipinski definition) is 0. The van der Waals surface area contributed by atoms with Crippen LogP contribution in [-0.2, 0) is 20.1 Å². The van der Waals surface area contributed by atoms with E-state index in [-0.39, 0.29) is 5.82 Å². The van der Waals surface area contributed by atoms with Gasteiger partial charge < -0.3 is 9.47 Å². The van der Waals surface area contributed by atoms with Gasteiger partial charge in [-0.15, -0.1) is 0 Å². The molecule has 0 bridgehead atoms. The fourth-order valence-corrected chi connectivity index (χ4v) is 6.14. The van der Waals surface area contributed by atoms with E-state index in [9.17, 15) is 0 Å². The van der Waals surface area contributed by atoms with Crippen LogP contribution in [0.1, 0.15) is 57.9 Å². The van der Waals surface area contributed by atoms with Gasteiger partial charge >= 0.3 is 0 Å². The van der Waals surface area contributed by atoms with Gasteiger partial charge in [-0.25, -0.2) is 14.4 Å². The van der Waals surface area contributed by atoms with E-state index in [1.54, 1.807) is 23.3 Å². The molecule has 2 aliphatic carbocycles. The summed E-state index contributed by atoms with van der Waals surface area (Å²) in [4.78, 5) is 11.7. The number of nitrogens with zero attached hydrogens (tertiary/aromatic N) is 6. The minimum Gasteiger partial charge on any atom is -0.349 e. The van der Waals surface area contributed by atoms with Gasteiger partial charge in [0.15, 0.2) is 0 Å². The van der Waals surface area contributed by atoms with E-state index in [0.29, 0.717) is 23.6 Å². The monoisotopic (exact) mass is 486 g/mol. The van der Waals surface area contributed by atoms with E-state index in [1.165, 1.54) is 25.7 Å². The third-order valence-electron chi connectivity index (χ3n) is 8.31. The average Bonchev–Trinajstić information content (AvgIpc) is 3.75. The molecule has 6 nitrogen and oxygen atoms in total. The van der Waals surface area contributed by atoms with Crippen molar-refractivity contribution in [2.45, 2.75) is 71.5 Å². The van der Waals surface area contributed by atoms with Crippen LogP contribution >= 0.6 is 0 Å². The lowest BCUT2D eigenvalue weighted by atomic mass is 9.96. The number of benzene rings is 1. The second-order valence-corrected chi connectivity index (χ2v) is 10.9. The van der Waals surface area contributed by atoms with Gasteiger partial charge in [0, 0.05) is 49.7 Å². The summed E-state index contributed by atoms with van der Waals surface area (Å²) in [7, 11) is 1.87. The molecule has 4 aromatic rings. The molecule has 0 saturated heterocycles. The van der Waals surface area contributed by atoms with Crippen molar-refractivity contribution in [2.75, 3.05) is 4.90 Å². The van der Waals surface area contributed by atoms with Gasteiger partial charge in [-0.3, -0.25) is 4.68 Å². The van der Waals surface area contributed by atoms with Crippen LogP contribution in [-0.4, -0.2) is 30.4 Å². The van der Waals surface area contributed by atoms with Gasteiger partial charge in [-0.05, 0) is 54.7 Å². The zero-order valence-corrected chi connectivity index (χ0v) is 21.5. The third kappa shape index (κ3) is 4.18. The van der Waals surface area contributed by atoms with Gasteiger partial charge in [0.2, 0.25) is 0 Å². The summed E-state index contributed by atoms with van der Waals surface area (Å²) in [6.45, 7) is 6.12. The Hall–Kier alpha value is -3.22. The summed E-state index contributed by atoms with van der Waals surface area (Å²) in [5.41, 5.74) is 3.86. The normalized spacial score (nSPS) is 21.3. The second kappa shape index (κ2) is 9.02. The van der Waals surface area contributed by atoms with Gasteiger partial charge in [0.25, 0.3) is 0 Å². The van der Waals surface area contributed by atoms with Crippen molar-refractivity contribution in [1.82, 2.24) is 24.3 Å². The molecule has 3 aromatic heterocycles. The number of halogens is 1. The number of anilines is 1. The minimum absolute atomic E-state index is 0.189. The fraction of sp³-hybridized carbons (Fsp3) is 0.483. The maximum Gasteiger partial charge on any atom is 0.145 e. The Morgan fingerprint density at radius 3 is 2.67 bits per heavy atom. The second-order valence-electron chi connectivity index (χ2n) is 10.9. The quantitative estimate of drug-likeness (QED) is 0.262. The Kier molecular flexibility index (Phi) is 5.81. The van der Waals surface area contributed by atoms with Crippen LogP contribution in [0.2, 0.25) is 0 Å². The highest BCUT2D eigenvalue weighted by Crippen LogP contribution is 2.59. The molecule has 188 valence electrons. The first-order valence-corrected chi connectivity index (χ1v) is 13.3. The zero-order valence-electron chi connectivity index (χ0n) is 21.5. The molecule has 0 spiro atoms. The molecule has 0 amide bonds. The van der Waals surface area contributed by atoms with Crippen molar-refractivity contribution in [3.05, 3.63) is 60.6 Å². The van der Waals surface area contributed by atoms with Crippen molar-refractivity contribution in [2.24, 2.45) is 18.4 Å². The maximum absolute atomic E-state index is 15.3. The van der Waals surface area contributed by atoms with Crippen molar-refractivity contribution in [3.63, 3.8) is 0 Å². The Balaban J connectivity index is 1.29. The highest BCUT2D eigenvalue weighted by atomic mass is 19.1. The molecule has 6 rings (SSSR count). The summed E-state index contributed by atoms with van der Waals surface area (Å²) < 4.78 is 19.3. The molecule has 2 atom stereocenters. The van der Waals surface area contributed by atoms with Crippen LogP contribution < -0.4 is 4.90 Å². The number of rotatable bonds is 10. The predicted molar refractivity (Wildman–Crippen MR) is 141 cm³/mol. The van der Waals surface area contributed by atoms with Crippen molar-refractivity contribution in [1.29, 1.82) is 0 Å². The molecule has 1 aromatic carbocycles. The van der Waals surface area contributed by atoms with Crippen LogP contribution in [0, 0.1) is 17.2 Å². The highest BCUT2D eigenvalue weighted by molar-refractivity contribution is 5.88. The van der Waals surface area contributed by atoms with Crippen LogP contribution in [0.4, 0.5) is 10.2 Å². The fourth-order valence-electron chi connectivity index (χ4n) is 6.14. The lowest BCUT2D eigenvalue weighted by Crippen LogP contribution is -2.27. The standard InChI is InChI=1S/C29H35FN6/c1-4-11-29(14-23(29)5-2)18-35-12-10-25-27(35)31-19-32-28(25)36(24-8-9-24)17-21-7-6-20(13-26(21)30)22-15-33-34(3)16-22/h6-7,10,12-13,15-16,19,23-24H,4-5,8-9,11,14,17-18H2,1-3H3. The topological polar surface area (TPSA) is 51.8 Å². The van der Waals surface area contributed by atoms with Gasteiger partial charge in [-0.2, -0.15) is 5.10 Å². The molecule has 0 aliphatic heterocycles. The molecule has 36 heavy (non-hydrogen) atoms. The van der Waals surface area contributed by atoms with E-state index >= 15 is 4.39 Å². The molecule has 3 heterocycles. The van der Waals surface area contributed by atoms with Crippen molar-refractivity contribution >= 4 is 16.9 Å². The average molecular weight is 487 g/mol. The predicted octanol–water partition coefficient (Wildman–Crippen LogP) is 6.36. The molecular weight excluding hydrogens is 451 g/mol. The lowest BCUT2D eigenvalue weighted by molar-refractivity contribution is 0.352. The van der Waals surface area contributed by atoms with E-state index in [1.807, 2.05) is 25.4 Å². The third-order valence-corrected chi connectivity index (χ3v) is 8.31. The summed E-state index contributed by atoms with van der Waals surface area (Å²) in [6.07, 6.45) is 14.8. The van der Waals surface area contributed by atoms with Crippen molar-refractivity contribution in [3.8, 4) is 11.1 Å². The Bertz CT molecular complexity index is 1390. The van der Waals surface area contributed by atoms with E-state index in [4.69, 9.17) is 9.97 Å². The summed E-state index contributed by atoms with van der Waals surface area (Å²) in [6, 6.07) is 8.06. The number of hydrogen-bond acceptors (Lipinski definition) is 4. The maximum atomic E-state index is 15.3. The van der Waals surface area contributed by atoms with Crippen LogP contribution in [0.3, 0.4) is 0 Å². The zero-order chi connectivity index (χ0) is 24.9. The Morgan fingerprint density at radius 2 is 2.00 bits per heavy atom. The Labute approximate surface area is 212 Å². The first-order chi connectivity index (χ1) is 17.5. The molecule has 7 heteroatoms. The summed E-state index contributed by atoms with van der Waals surface area (Å²) in [5, 5.41) is 5.28. The highest BCUT2D eigenvalue weighted by Gasteiger charge is 2.51. The summed E-state index contributed by atoms with van der Waals surface area (Å²) in [5.74, 6) is 1.55. The number of fused-ring (bicyclic) bond motifs is 1. The van der Waals surface area contributed by atoms with Crippen LogP contribution in [0.5, 0.6) is 0 Å². The first kappa shape index (κ1) is 23.2. The van der Waals surface area contributed by atoms with Crippen LogP contribution in [0.25, 0.3) is 22.2 Å².